The van der Waals surface area contributed by atoms with Crippen molar-refractivity contribution in [3.8, 4) is 0 Å². The molecule has 3 rings (SSSR count). The number of nitro groups is 1. The van der Waals surface area contributed by atoms with Crippen molar-refractivity contribution in [1.29, 1.82) is 0 Å². The second-order valence-electron chi connectivity index (χ2n) is 7.15. The summed E-state index contributed by atoms with van der Waals surface area (Å²) in [4.78, 5) is 26.5. The molecule has 1 atom stereocenters. The van der Waals surface area contributed by atoms with Crippen LogP contribution in [-0.4, -0.2) is 59.0 Å². The summed E-state index contributed by atoms with van der Waals surface area (Å²) in [7, 11) is 2.08. The third-order valence-electron chi connectivity index (χ3n) is 5.55. The number of nitrogens with zero attached hydrogens (tertiary/aromatic N) is 3. The summed E-state index contributed by atoms with van der Waals surface area (Å²) in [5, 5.41) is 20.4. The number of hydrogen-bond donors (Lipinski definition) is 1. The molecule has 24 heavy (non-hydrogen) atoms. The molecule has 0 amide bonds. The van der Waals surface area contributed by atoms with Gasteiger partial charge in [-0.15, -0.1) is 0 Å². The van der Waals surface area contributed by atoms with Gasteiger partial charge in [0.15, 0.2) is 0 Å². The molecule has 0 aromatic heterocycles. The molecular weight excluding hydrogens is 310 g/mol. The average Bonchev–Trinajstić information content (AvgIpc) is 2.89. The smallest absolute Gasteiger partial charge is 0.308 e. The summed E-state index contributed by atoms with van der Waals surface area (Å²) < 4.78 is 0. The molecule has 0 unspecified atom stereocenters. The number of piperidine rings is 1. The van der Waals surface area contributed by atoms with Gasteiger partial charge in [0.1, 0.15) is 0 Å². The lowest BCUT2D eigenvalue weighted by Gasteiger charge is -2.40. The summed E-state index contributed by atoms with van der Waals surface area (Å²) in [5.74, 6) is -1.03. The van der Waals surface area contributed by atoms with Gasteiger partial charge in [0.2, 0.25) is 0 Å². The fraction of sp³-hybridized carbons (Fsp3) is 0.588. The molecule has 2 heterocycles. The Labute approximate surface area is 141 Å². The van der Waals surface area contributed by atoms with E-state index >= 15 is 0 Å². The Morgan fingerprint density at radius 2 is 1.96 bits per heavy atom. The van der Waals surface area contributed by atoms with Crippen LogP contribution < -0.4 is 0 Å². The number of non-ortho nitro benzene ring substituents is 1. The Morgan fingerprint density at radius 3 is 2.50 bits per heavy atom. The van der Waals surface area contributed by atoms with Gasteiger partial charge in [-0.1, -0.05) is 12.1 Å². The van der Waals surface area contributed by atoms with Gasteiger partial charge in [0.05, 0.1) is 10.8 Å². The molecule has 130 valence electrons. The van der Waals surface area contributed by atoms with E-state index in [9.17, 15) is 20.0 Å². The third kappa shape index (κ3) is 3.27. The van der Waals surface area contributed by atoms with Gasteiger partial charge in [0.25, 0.3) is 5.69 Å². The van der Waals surface area contributed by atoms with Crippen LogP contribution in [0.1, 0.15) is 18.4 Å². The van der Waals surface area contributed by atoms with E-state index < -0.39 is 10.9 Å². The molecular formula is C17H23N3O4. The molecule has 0 bridgehead atoms. The second-order valence-corrected chi connectivity index (χ2v) is 7.15. The van der Waals surface area contributed by atoms with Crippen LogP contribution in [0.15, 0.2) is 24.3 Å². The van der Waals surface area contributed by atoms with Crippen LogP contribution in [0.25, 0.3) is 0 Å². The zero-order valence-electron chi connectivity index (χ0n) is 13.9. The van der Waals surface area contributed by atoms with Gasteiger partial charge in [-0.3, -0.25) is 19.8 Å². The molecule has 0 radical (unpaired) electrons. The van der Waals surface area contributed by atoms with Crippen molar-refractivity contribution in [2.45, 2.75) is 19.4 Å². The maximum atomic E-state index is 11.8. The van der Waals surface area contributed by atoms with Crippen molar-refractivity contribution in [2.75, 3.05) is 33.2 Å². The Bertz CT molecular complexity index is 623. The lowest BCUT2D eigenvalue weighted by Crippen LogP contribution is -2.44. The zero-order chi connectivity index (χ0) is 17.3. The van der Waals surface area contributed by atoms with Crippen LogP contribution >= 0.6 is 0 Å². The quantitative estimate of drug-likeness (QED) is 0.668. The first-order valence-corrected chi connectivity index (χ1v) is 8.27. The summed E-state index contributed by atoms with van der Waals surface area (Å²) in [5.41, 5.74) is 0.921. The van der Waals surface area contributed by atoms with Gasteiger partial charge in [0, 0.05) is 37.2 Å². The Kier molecular flexibility index (Phi) is 4.56. The highest BCUT2D eigenvalue weighted by molar-refractivity contribution is 5.72. The highest BCUT2D eigenvalue weighted by Gasteiger charge is 2.50. The number of hydrogen-bond acceptors (Lipinski definition) is 5. The number of carbonyl (C=O) groups is 1. The summed E-state index contributed by atoms with van der Waals surface area (Å²) in [6, 6.07) is 6.53. The average molecular weight is 333 g/mol. The lowest BCUT2D eigenvalue weighted by atomic mass is 9.71. The fourth-order valence-electron chi connectivity index (χ4n) is 4.08. The largest absolute Gasteiger partial charge is 0.481 e. The van der Waals surface area contributed by atoms with E-state index in [1.165, 1.54) is 12.1 Å². The van der Waals surface area contributed by atoms with E-state index in [4.69, 9.17) is 0 Å². The number of benzene rings is 1. The molecule has 7 heteroatoms. The molecule has 1 N–H and O–H groups in total. The molecule has 2 saturated heterocycles. The maximum absolute atomic E-state index is 11.8. The summed E-state index contributed by atoms with van der Waals surface area (Å²) in [6.45, 7) is 3.86. The summed E-state index contributed by atoms with van der Waals surface area (Å²) in [6.07, 6.45) is 1.83. The molecule has 0 aliphatic carbocycles. The number of aliphatic carboxylic acids is 1. The minimum Gasteiger partial charge on any atom is -0.481 e. The highest BCUT2D eigenvalue weighted by atomic mass is 16.6. The monoisotopic (exact) mass is 333 g/mol. The van der Waals surface area contributed by atoms with E-state index in [1.54, 1.807) is 12.1 Å². The van der Waals surface area contributed by atoms with Crippen LogP contribution in [0.4, 0.5) is 5.69 Å². The minimum absolute atomic E-state index is 0.0790. The number of likely N-dealkylation sites (tertiary alicyclic amines) is 2. The third-order valence-corrected chi connectivity index (χ3v) is 5.55. The second kappa shape index (κ2) is 6.49. The van der Waals surface area contributed by atoms with Crippen LogP contribution in [0.3, 0.4) is 0 Å². The van der Waals surface area contributed by atoms with Gasteiger partial charge < -0.3 is 10.0 Å². The Morgan fingerprint density at radius 1 is 1.33 bits per heavy atom. The number of rotatable bonds is 4. The van der Waals surface area contributed by atoms with Crippen LogP contribution in [0.5, 0.6) is 0 Å². The summed E-state index contributed by atoms with van der Waals surface area (Å²) >= 11 is 0. The molecule has 2 aliphatic heterocycles. The van der Waals surface area contributed by atoms with Crippen molar-refractivity contribution < 1.29 is 14.8 Å². The van der Waals surface area contributed by atoms with Gasteiger partial charge >= 0.3 is 5.97 Å². The first-order chi connectivity index (χ1) is 11.4. The SMILES string of the molecule is CN1CCC2(CC1)CN(Cc1ccc([N+](=O)[O-])cc1)C[C@H]2C(=O)O. The van der Waals surface area contributed by atoms with Crippen molar-refractivity contribution in [3.05, 3.63) is 39.9 Å². The normalized spacial score (nSPS) is 24.3. The number of nitro benzene ring substituents is 1. The van der Waals surface area contributed by atoms with Crippen molar-refractivity contribution in [3.63, 3.8) is 0 Å². The predicted octanol–water partition coefficient (Wildman–Crippen LogP) is 1.82. The first-order valence-electron chi connectivity index (χ1n) is 8.27. The first kappa shape index (κ1) is 16.9. The highest BCUT2D eigenvalue weighted by Crippen LogP contribution is 2.45. The molecule has 1 aromatic carbocycles. The molecule has 0 saturated carbocycles. The Balaban J connectivity index is 1.71. The number of carboxylic acids is 1. The number of carboxylic acid groups (broad SMARTS) is 1. The van der Waals surface area contributed by atoms with E-state index in [0.717, 1.165) is 38.0 Å². The molecule has 1 aromatic rings. The standard InChI is InChI=1S/C17H23N3O4/c1-18-8-6-17(7-9-18)12-19(11-15(17)16(21)22)10-13-2-4-14(5-3-13)20(23)24/h2-5,15H,6-12H2,1H3,(H,21,22)/t15-/m0/s1. The minimum atomic E-state index is -0.703. The van der Waals surface area contributed by atoms with Crippen LogP contribution in [0.2, 0.25) is 0 Å². The fourth-order valence-corrected chi connectivity index (χ4v) is 4.08. The van der Waals surface area contributed by atoms with Crippen LogP contribution in [-0.2, 0) is 11.3 Å². The maximum Gasteiger partial charge on any atom is 0.308 e. The zero-order valence-corrected chi connectivity index (χ0v) is 13.9. The van der Waals surface area contributed by atoms with Crippen molar-refractivity contribution in [1.82, 2.24) is 9.80 Å². The van der Waals surface area contributed by atoms with E-state index in [2.05, 4.69) is 16.8 Å². The van der Waals surface area contributed by atoms with Crippen LogP contribution in [0, 0.1) is 21.4 Å². The van der Waals surface area contributed by atoms with E-state index in [1.807, 2.05) is 0 Å². The van der Waals surface area contributed by atoms with Gasteiger partial charge in [-0.25, -0.2) is 0 Å². The van der Waals surface area contributed by atoms with E-state index in [0.29, 0.717) is 13.1 Å². The molecule has 1 spiro atoms. The van der Waals surface area contributed by atoms with Gasteiger partial charge in [-0.05, 0) is 38.5 Å². The lowest BCUT2D eigenvalue weighted by molar-refractivity contribution is -0.384. The van der Waals surface area contributed by atoms with Crippen molar-refractivity contribution in [2.24, 2.45) is 11.3 Å². The Hall–Kier alpha value is -1.99. The molecule has 7 nitrogen and oxygen atoms in total. The molecule has 2 fully saturated rings. The topological polar surface area (TPSA) is 86.9 Å². The molecule has 2 aliphatic rings. The van der Waals surface area contributed by atoms with E-state index in [-0.39, 0.29) is 17.0 Å². The van der Waals surface area contributed by atoms with Gasteiger partial charge in [-0.2, -0.15) is 0 Å². The predicted molar refractivity (Wildman–Crippen MR) is 88.7 cm³/mol. The van der Waals surface area contributed by atoms with Crippen molar-refractivity contribution >= 4 is 11.7 Å².